The van der Waals surface area contributed by atoms with Gasteiger partial charge in [-0.25, -0.2) is 0 Å². The van der Waals surface area contributed by atoms with Crippen LogP contribution in [0.4, 0.5) is 0 Å². The average Bonchev–Trinajstić information content (AvgIpc) is 2.96. The minimum atomic E-state index is 0.315. The maximum Gasteiger partial charge on any atom is 0.231 e. The fourth-order valence-electron chi connectivity index (χ4n) is 2.89. The van der Waals surface area contributed by atoms with E-state index >= 15 is 0 Å². The zero-order valence-corrected chi connectivity index (χ0v) is 11.9. The Hall–Kier alpha value is -0.780. The molecule has 3 rings (SSSR count). The van der Waals surface area contributed by atoms with E-state index in [4.69, 9.17) is 15.2 Å². The third-order valence-corrected chi connectivity index (χ3v) is 4.52. The second kappa shape index (κ2) is 4.72. The fraction of sp³-hybridized carbons (Fsp3) is 0.538. The molecule has 2 aliphatic rings. The molecule has 1 aromatic carbocycles. The number of halogens is 1. The van der Waals surface area contributed by atoms with Crippen LogP contribution in [0, 0.1) is 5.92 Å². The summed E-state index contributed by atoms with van der Waals surface area (Å²) in [5.41, 5.74) is 6.99. The van der Waals surface area contributed by atoms with Gasteiger partial charge in [0.25, 0.3) is 0 Å². The van der Waals surface area contributed by atoms with Crippen LogP contribution < -0.4 is 15.2 Å². The van der Waals surface area contributed by atoms with E-state index in [1.165, 1.54) is 5.56 Å². The second-order valence-electron chi connectivity index (χ2n) is 4.99. The Balaban J connectivity index is 1.99. The van der Waals surface area contributed by atoms with Gasteiger partial charge in [0, 0.05) is 22.6 Å². The van der Waals surface area contributed by atoms with Gasteiger partial charge in [0.05, 0.1) is 0 Å². The largest absolute Gasteiger partial charge is 0.454 e. The lowest BCUT2D eigenvalue weighted by atomic mass is 9.99. The molecule has 0 bridgehead atoms. The maximum absolute atomic E-state index is 5.79. The van der Waals surface area contributed by atoms with Crippen molar-refractivity contribution >= 4 is 15.9 Å². The summed E-state index contributed by atoms with van der Waals surface area (Å²) in [6.07, 6.45) is 1.07. The zero-order valence-electron chi connectivity index (χ0n) is 10.4. The van der Waals surface area contributed by atoms with Crippen molar-refractivity contribution in [1.82, 2.24) is 4.90 Å². The molecule has 0 saturated carbocycles. The molecule has 2 aliphatic heterocycles. The van der Waals surface area contributed by atoms with Gasteiger partial charge in [-0.3, -0.25) is 4.90 Å². The van der Waals surface area contributed by atoms with Gasteiger partial charge in [0.15, 0.2) is 11.5 Å². The molecule has 1 saturated heterocycles. The summed E-state index contributed by atoms with van der Waals surface area (Å²) in [5.74, 6) is 2.29. The van der Waals surface area contributed by atoms with Crippen LogP contribution in [0.1, 0.15) is 18.0 Å². The van der Waals surface area contributed by atoms with Crippen LogP contribution in [0.2, 0.25) is 0 Å². The number of fused-ring (bicyclic) bond motifs is 1. The third kappa shape index (κ3) is 1.90. The van der Waals surface area contributed by atoms with Crippen molar-refractivity contribution in [3.8, 4) is 11.5 Å². The number of hydrogen-bond acceptors (Lipinski definition) is 4. The lowest BCUT2D eigenvalue weighted by Crippen LogP contribution is -2.21. The van der Waals surface area contributed by atoms with Crippen molar-refractivity contribution in [1.29, 1.82) is 0 Å². The van der Waals surface area contributed by atoms with E-state index in [9.17, 15) is 0 Å². The van der Waals surface area contributed by atoms with Crippen LogP contribution in [-0.2, 0) is 0 Å². The molecule has 0 spiro atoms. The molecule has 5 heteroatoms. The summed E-state index contributed by atoms with van der Waals surface area (Å²) < 4.78 is 12.2. The highest BCUT2D eigenvalue weighted by atomic mass is 79.9. The summed E-state index contributed by atoms with van der Waals surface area (Å²) in [6.45, 7) is 2.10. The van der Waals surface area contributed by atoms with Gasteiger partial charge in [0.2, 0.25) is 6.79 Å². The molecule has 18 heavy (non-hydrogen) atoms. The quantitative estimate of drug-likeness (QED) is 0.909. The van der Waals surface area contributed by atoms with E-state index in [0.717, 1.165) is 35.5 Å². The van der Waals surface area contributed by atoms with Crippen LogP contribution in [0.15, 0.2) is 16.6 Å². The zero-order chi connectivity index (χ0) is 12.7. The second-order valence-corrected chi connectivity index (χ2v) is 5.84. The molecule has 0 amide bonds. The van der Waals surface area contributed by atoms with Crippen molar-refractivity contribution in [2.24, 2.45) is 11.7 Å². The highest BCUT2D eigenvalue weighted by molar-refractivity contribution is 9.10. The van der Waals surface area contributed by atoms with Gasteiger partial charge >= 0.3 is 0 Å². The molecule has 0 aliphatic carbocycles. The number of nitrogens with two attached hydrogens (primary N) is 1. The Kier molecular flexibility index (Phi) is 3.21. The van der Waals surface area contributed by atoms with E-state index in [0.29, 0.717) is 18.8 Å². The van der Waals surface area contributed by atoms with Gasteiger partial charge in [-0.05, 0) is 38.1 Å². The van der Waals surface area contributed by atoms with E-state index in [-0.39, 0.29) is 0 Å². The van der Waals surface area contributed by atoms with E-state index in [1.54, 1.807) is 0 Å². The fourth-order valence-corrected chi connectivity index (χ4v) is 3.47. The number of likely N-dealkylation sites (tertiary alicyclic amines) is 1. The molecule has 0 radical (unpaired) electrons. The normalized spacial score (nSPS) is 26.8. The molecule has 0 aromatic heterocycles. The maximum atomic E-state index is 5.79. The van der Waals surface area contributed by atoms with Crippen LogP contribution in [0.25, 0.3) is 0 Å². The van der Waals surface area contributed by atoms with Crippen LogP contribution in [0.5, 0.6) is 11.5 Å². The summed E-state index contributed by atoms with van der Waals surface area (Å²) in [5, 5.41) is 0. The predicted octanol–water partition coefficient (Wildman–Crippen LogP) is 2.13. The first-order valence-electron chi connectivity index (χ1n) is 6.19. The molecule has 2 atom stereocenters. The Morgan fingerprint density at radius 3 is 3.00 bits per heavy atom. The van der Waals surface area contributed by atoms with Gasteiger partial charge in [-0.1, -0.05) is 15.9 Å². The third-order valence-electron chi connectivity index (χ3n) is 3.83. The van der Waals surface area contributed by atoms with Gasteiger partial charge < -0.3 is 15.2 Å². The minimum Gasteiger partial charge on any atom is -0.454 e. The molecular formula is C13H17BrN2O2. The van der Waals surface area contributed by atoms with Crippen LogP contribution in [-0.4, -0.2) is 31.8 Å². The summed E-state index contributed by atoms with van der Waals surface area (Å²) in [6, 6.07) is 4.34. The molecule has 2 N–H and O–H groups in total. The number of nitrogens with zero attached hydrogens (tertiary/aromatic N) is 1. The smallest absolute Gasteiger partial charge is 0.231 e. The summed E-state index contributed by atoms with van der Waals surface area (Å²) in [4.78, 5) is 2.35. The molecule has 1 aromatic rings. The molecule has 2 heterocycles. The van der Waals surface area contributed by atoms with Crippen LogP contribution in [0.3, 0.4) is 0 Å². The monoisotopic (exact) mass is 312 g/mol. The van der Waals surface area contributed by atoms with E-state index in [1.807, 2.05) is 12.1 Å². The van der Waals surface area contributed by atoms with Crippen molar-refractivity contribution in [3.05, 3.63) is 22.2 Å². The first kappa shape index (κ1) is 12.3. The van der Waals surface area contributed by atoms with E-state index < -0.39 is 0 Å². The van der Waals surface area contributed by atoms with Gasteiger partial charge in [0.1, 0.15) is 0 Å². The Morgan fingerprint density at radius 2 is 2.28 bits per heavy atom. The number of ether oxygens (including phenoxy) is 2. The predicted molar refractivity (Wildman–Crippen MR) is 72.8 cm³/mol. The minimum absolute atomic E-state index is 0.315. The topological polar surface area (TPSA) is 47.7 Å². The summed E-state index contributed by atoms with van der Waals surface area (Å²) in [7, 11) is 2.14. The summed E-state index contributed by atoms with van der Waals surface area (Å²) >= 11 is 3.64. The Labute approximate surface area is 115 Å². The van der Waals surface area contributed by atoms with Gasteiger partial charge in [-0.15, -0.1) is 0 Å². The van der Waals surface area contributed by atoms with E-state index in [2.05, 4.69) is 27.9 Å². The Bertz CT molecular complexity index is 467. The van der Waals surface area contributed by atoms with Crippen LogP contribution >= 0.6 is 15.9 Å². The van der Waals surface area contributed by atoms with Crippen molar-refractivity contribution in [2.45, 2.75) is 12.5 Å². The van der Waals surface area contributed by atoms with Crippen molar-refractivity contribution in [3.63, 3.8) is 0 Å². The number of hydrogen-bond donors (Lipinski definition) is 1. The molecular weight excluding hydrogens is 296 g/mol. The molecule has 1 fully saturated rings. The lowest BCUT2D eigenvalue weighted by Gasteiger charge is -2.22. The Morgan fingerprint density at radius 1 is 1.44 bits per heavy atom. The average molecular weight is 313 g/mol. The number of rotatable bonds is 2. The highest BCUT2D eigenvalue weighted by Crippen LogP contribution is 2.47. The number of benzene rings is 1. The van der Waals surface area contributed by atoms with Crippen molar-refractivity contribution in [2.75, 3.05) is 26.9 Å². The first-order valence-corrected chi connectivity index (χ1v) is 6.98. The molecule has 98 valence electrons. The molecule has 4 nitrogen and oxygen atoms in total. The van der Waals surface area contributed by atoms with Crippen molar-refractivity contribution < 1.29 is 9.47 Å². The highest BCUT2D eigenvalue weighted by Gasteiger charge is 2.35. The molecule has 2 unspecified atom stereocenters. The lowest BCUT2D eigenvalue weighted by molar-refractivity contribution is 0.171. The SMILES string of the molecule is CN1CC(CN)CC1c1c(Br)ccc2c1OCO2. The van der Waals surface area contributed by atoms with Gasteiger partial charge in [-0.2, -0.15) is 0 Å². The standard InChI is InChI=1S/C13H17BrN2O2/c1-16-6-8(5-15)4-10(16)12-9(14)2-3-11-13(12)18-7-17-11/h2-3,8,10H,4-7,15H2,1H3. The first-order chi connectivity index (χ1) is 8.70.